The number of ether oxygens (including phenoxy) is 1. The van der Waals surface area contributed by atoms with Crippen LogP contribution >= 0.6 is 11.3 Å². The molecule has 106 valence electrons. The number of hydrogen-bond donors (Lipinski definition) is 2. The summed E-state index contributed by atoms with van der Waals surface area (Å²) in [5.41, 5.74) is 7.36. The van der Waals surface area contributed by atoms with Gasteiger partial charge in [-0.3, -0.25) is 4.79 Å². The van der Waals surface area contributed by atoms with Crippen molar-refractivity contribution in [3.63, 3.8) is 0 Å². The monoisotopic (exact) mass is 291 g/mol. The van der Waals surface area contributed by atoms with Crippen molar-refractivity contribution in [1.82, 2.24) is 10.3 Å². The quantitative estimate of drug-likeness (QED) is 0.848. The Bertz CT molecular complexity index is 583. The van der Waals surface area contributed by atoms with Crippen molar-refractivity contribution in [2.24, 2.45) is 0 Å². The first-order valence-corrected chi connectivity index (χ1v) is 7.15. The van der Waals surface area contributed by atoms with Gasteiger partial charge in [0.1, 0.15) is 5.75 Å². The van der Waals surface area contributed by atoms with Crippen molar-refractivity contribution in [2.75, 3.05) is 19.4 Å². The number of benzene rings is 1. The maximum Gasteiger partial charge on any atom is 0.226 e. The zero-order valence-electron chi connectivity index (χ0n) is 11.3. The van der Waals surface area contributed by atoms with E-state index in [-0.39, 0.29) is 12.3 Å². The van der Waals surface area contributed by atoms with E-state index < -0.39 is 0 Å². The van der Waals surface area contributed by atoms with Crippen molar-refractivity contribution in [2.45, 2.75) is 12.8 Å². The van der Waals surface area contributed by atoms with E-state index in [1.54, 1.807) is 12.5 Å². The average molecular weight is 291 g/mol. The third-order valence-electron chi connectivity index (χ3n) is 2.78. The number of rotatable bonds is 6. The van der Waals surface area contributed by atoms with Crippen LogP contribution in [-0.2, 0) is 17.6 Å². The average Bonchev–Trinajstić information content (AvgIpc) is 2.84. The summed E-state index contributed by atoms with van der Waals surface area (Å²) in [6.07, 6.45) is 1.04. The molecule has 6 heteroatoms. The van der Waals surface area contributed by atoms with Crippen LogP contribution in [0.25, 0.3) is 0 Å². The molecule has 0 fully saturated rings. The van der Waals surface area contributed by atoms with E-state index in [0.29, 0.717) is 17.4 Å². The van der Waals surface area contributed by atoms with Gasteiger partial charge in [0.05, 0.1) is 19.2 Å². The fourth-order valence-corrected chi connectivity index (χ4v) is 2.37. The van der Waals surface area contributed by atoms with Gasteiger partial charge in [-0.1, -0.05) is 12.1 Å². The summed E-state index contributed by atoms with van der Waals surface area (Å²) in [7, 11) is 1.64. The minimum atomic E-state index is -0.0433. The third-order valence-corrected chi connectivity index (χ3v) is 3.50. The highest BCUT2D eigenvalue weighted by Crippen LogP contribution is 2.13. The van der Waals surface area contributed by atoms with Crippen LogP contribution < -0.4 is 15.8 Å². The van der Waals surface area contributed by atoms with Gasteiger partial charge in [-0.2, -0.15) is 0 Å². The van der Waals surface area contributed by atoms with Gasteiger partial charge in [-0.15, -0.1) is 11.3 Å². The number of hydrogen-bond acceptors (Lipinski definition) is 5. The Morgan fingerprint density at radius 1 is 1.50 bits per heavy atom. The van der Waals surface area contributed by atoms with E-state index in [9.17, 15) is 4.79 Å². The van der Waals surface area contributed by atoms with Crippen LogP contribution in [0.4, 0.5) is 5.13 Å². The first kappa shape index (κ1) is 14.3. The van der Waals surface area contributed by atoms with Crippen molar-refractivity contribution < 1.29 is 9.53 Å². The number of carbonyl (C=O) groups excluding carboxylic acids is 1. The van der Waals surface area contributed by atoms with Crippen molar-refractivity contribution in [3.8, 4) is 5.75 Å². The van der Waals surface area contributed by atoms with Gasteiger partial charge in [0.2, 0.25) is 5.91 Å². The lowest BCUT2D eigenvalue weighted by atomic mass is 10.1. The molecule has 1 heterocycles. The third kappa shape index (κ3) is 4.24. The maximum absolute atomic E-state index is 11.7. The Morgan fingerprint density at radius 2 is 2.35 bits per heavy atom. The molecule has 2 aromatic rings. The number of aromatic nitrogens is 1. The molecule has 0 aliphatic carbocycles. The highest BCUT2D eigenvalue weighted by molar-refractivity contribution is 7.13. The largest absolute Gasteiger partial charge is 0.497 e. The van der Waals surface area contributed by atoms with Crippen LogP contribution in [-0.4, -0.2) is 24.5 Å². The van der Waals surface area contributed by atoms with Crippen molar-refractivity contribution in [1.29, 1.82) is 0 Å². The van der Waals surface area contributed by atoms with Crippen molar-refractivity contribution >= 4 is 22.4 Å². The highest BCUT2D eigenvalue weighted by Gasteiger charge is 2.06. The molecule has 0 aliphatic rings. The molecule has 0 atom stereocenters. The van der Waals surface area contributed by atoms with Gasteiger partial charge >= 0.3 is 0 Å². The molecule has 3 N–H and O–H groups in total. The molecule has 0 saturated heterocycles. The van der Waals surface area contributed by atoms with Gasteiger partial charge in [0.15, 0.2) is 5.13 Å². The molecular weight excluding hydrogens is 274 g/mol. The summed E-state index contributed by atoms with van der Waals surface area (Å²) in [5, 5.41) is 5.16. The standard InChI is InChI=1S/C14H17N3O2S/c1-19-12-4-2-3-10(7-12)5-6-16-13(18)8-11-9-20-14(15)17-11/h2-4,7,9H,5-6,8H2,1H3,(H2,15,17)(H,16,18). The molecule has 1 aromatic heterocycles. The second kappa shape index (κ2) is 6.91. The summed E-state index contributed by atoms with van der Waals surface area (Å²) in [5.74, 6) is 0.782. The Kier molecular flexibility index (Phi) is 4.95. The van der Waals surface area contributed by atoms with Crippen LogP contribution in [0.1, 0.15) is 11.3 Å². The lowest BCUT2D eigenvalue weighted by Gasteiger charge is -2.06. The molecular formula is C14H17N3O2S. The lowest BCUT2D eigenvalue weighted by molar-refractivity contribution is -0.120. The lowest BCUT2D eigenvalue weighted by Crippen LogP contribution is -2.27. The number of nitrogens with one attached hydrogen (secondary N) is 1. The number of amides is 1. The summed E-state index contributed by atoms with van der Waals surface area (Å²) >= 11 is 1.34. The number of nitrogens with two attached hydrogens (primary N) is 1. The van der Waals surface area contributed by atoms with Gasteiger partial charge in [-0.05, 0) is 24.1 Å². The summed E-state index contributed by atoms with van der Waals surface area (Å²) in [4.78, 5) is 15.8. The highest BCUT2D eigenvalue weighted by atomic mass is 32.1. The molecule has 0 radical (unpaired) electrons. The molecule has 0 aliphatic heterocycles. The molecule has 0 unspecified atom stereocenters. The second-order valence-corrected chi connectivity index (χ2v) is 5.20. The van der Waals surface area contributed by atoms with Gasteiger partial charge < -0.3 is 15.8 Å². The molecule has 20 heavy (non-hydrogen) atoms. The summed E-state index contributed by atoms with van der Waals surface area (Å²) in [6, 6.07) is 7.81. The van der Waals surface area contributed by atoms with Crippen LogP contribution in [0.15, 0.2) is 29.6 Å². The number of thiazole rings is 1. The Labute approximate surface area is 121 Å². The van der Waals surface area contributed by atoms with Crippen LogP contribution in [0.2, 0.25) is 0 Å². The van der Waals surface area contributed by atoms with Gasteiger partial charge in [0, 0.05) is 11.9 Å². The number of nitrogen functional groups attached to an aromatic ring is 1. The minimum absolute atomic E-state index is 0.0433. The summed E-state index contributed by atoms with van der Waals surface area (Å²) < 4.78 is 5.16. The van der Waals surface area contributed by atoms with E-state index in [1.165, 1.54) is 11.3 Å². The Hall–Kier alpha value is -2.08. The predicted octanol–water partition coefficient (Wildman–Crippen LogP) is 1.64. The predicted molar refractivity (Wildman–Crippen MR) is 79.9 cm³/mol. The van der Waals surface area contributed by atoms with Crippen LogP contribution in [0, 0.1) is 0 Å². The van der Waals surface area contributed by atoms with E-state index >= 15 is 0 Å². The number of carbonyl (C=O) groups is 1. The fraction of sp³-hybridized carbons (Fsp3) is 0.286. The number of nitrogens with zero attached hydrogens (tertiary/aromatic N) is 1. The van der Waals surface area contributed by atoms with Crippen LogP contribution in [0.3, 0.4) is 0 Å². The fourth-order valence-electron chi connectivity index (χ4n) is 1.81. The molecule has 1 aromatic carbocycles. The zero-order valence-corrected chi connectivity index (χ0v) is 12.1. The minimum Gasteiger partial charge on any atom is -0.497 e. The van der Waals surface area contributed by atoms with Crippen LogP contribution in [0.5, 0.6) is 5.75 Å². The molecule has 2 rings (SSSR count). The van der Waals surface area contributed by atoms with E-state index in [4.69, 9.17) is 10.5 Å². The summed E-state index contributed by atoms with van der Waals surface area (Å²) in [6.45, 7) is 0.589. The molecule has 5 nitrogen and oxygen atoms in total. The van der Waals surface area contributed by atoms with Gasteiger partial charge in [-0.25, -0.2) is 4.98 Å². The Morgan fingerprint density at radius 3 is 3.05 bits per heavy atom. The molecule has 0 bridgehead atoms. The molecule has 1 amide bonds. The first-order chi connectivity index (χ1) is 9.67. The zero-order chi connectivity index (χ0) is 14.4. The molecule has 0 saturated carbocycles. The van der Waals surface area contributed by atoms with Gasteiger partial charge in [0.25, 0.3) is 0 Å². The topological polar surface area (TPSA) is 77.2 Å². The normalized spacial score (nSPS) is 10.2. The molecule has 0 spiro atoms. The van der Waals surface area contributed by atoms with Crippen molar-refractivity contribution in [3.05, 3.63) is 40.9 Å². The number of methoxy groups -OCH3 is 1. The van der Waals surface area contributed by atoms with E-state index in [0.717, 1.165) is 17.7 Å². The number of anilines is 1. The second-order valence-electron chi connectivity index (χ2n) is 4.31. The van der Waals surface area contributed by atoms with E-state index in [1.807, 2.05) is 24.3 Å². The Balaban J connectivity index is 1.76. The SMILES string of the molecule is COc1cccc(CCNC(=O)Cc2csc(N)n2)c1. The van der Waals surface area contributed by atoms with E-state index in [2.05, 4.69) is 10.3 Å². The first-order valence-electron chi connectivity index (χ1n) is 6.27. The maximum atomic E-state index is 11.7. The smallest absolute Gasteiger partial charge is 0.226 e.